The summed E-state index contributed by atoms with van der Waals surface area (Å²) >= 11 is 0. The molecule has 3 unspecified atom stereocenters. The first kappa shape index (κ1) is 12.8. The Morgan fingerprint density at radius 2 is 1.93 bits per heavy atom. The molecule has 3 atom stereocenters. The molecule has 5 heteroatoms. The van der Waals surface area contributed by atoms with E-state index in [0.717, 1.165) is 19.3 Å². The van der Waals surface area contributed by atoms with Crippen LogP contribution in [-0.4, -0.2) is 35.7 Å². The van der Waals surface area contributed by atoms with Crippen molar-refractivity contribution in [3.8, 4) is 0 Å². The smallest absolute Gasteiger partial charge is 0.326 e. The van der Waals surface area contributed by atoms with Crippen molar-refractivity contribution < 1.29 is 13.2 Å². The summed E-state index contributed by atoms with van der Waals surface area (Å²) in [6.07, 6.45) is -1.54. The second-order valence-electron chi connectivity index (χ2n) is 4.43. The molecule has 1 heterocycles. The molecule has 2 N–H and O–H groups in total. The van der Waals surface area contributed by atoms with Crippen LogP contribution in [0.2, 0.25) is 0 Å². The van der Waals surface area contributed by atoms with Crippen molar-refractivity contribution in [1.29, 1.82) is 0 Å². The number of piperidine rings is 1. The summed E-state index contributed by atoms with van der Waals surface area (Å²) < 4.78 is 38.4. The van der Waals surface area contributed by atoms with Gasteiger partial charge >= 0.3 is 6.18 Å². The maximum absolute atomic E-state index is 12.8. The summed E-state index contributed by atoms with van der Waals surface area (Å²) in [5.41, 5.74) is 5.45. The normalized spacial score (nSPS) is 28.8. The Morgan fingerprint density at radius 3 is 2.33 bits per heavy atom. The predicted molar refractivity (Wildman–Crippen MR) is 53.5 cm³/mol. The molecule has 2 nitrogen and oxygen atoms in total. The van der Waals surface area contributed by atoms with Crippen LogP contribution in [0, 0.1) is 0 Å². The maximum Gasteiger partial charge on any atom is 0.405 e. The van der Waals surface area contributed by atoms with Gasteiger partial charge in [0, 0.05) is 12.1 Å². The van der Waals surface area contributed by atoms with Gasteiger partial charge in [0.1, 0.15) is 6.04 Å². The van der Waals surface area contributed by atoms with Crippen molar-refractivity contribution in [3.05, 3.63) is 0 Å². The second-order valence-corrected chi connectivity index (χ2v) is 4.43. The molecule has 0 saturated carbocycles. The Kier molecular flexibility index (Phi) is 4.00. The monoisotopic (exact) mass is 224 g/mol. The largest absolute Gasteiger partial charge is 0.405 e. The SMILES string of the molecule is CC(N)C(N1CCCCC1C)C(F)(F)F. The molecular formula is C10H19F3N2. The molecule has 1 fully saturated rings. The van der Waals surface area contributed by atoms with Crippen molar-refractivity contribution in [2.45, 2.75) is 57.4 Å². The van der Waals surface area contributed by atoms with Crippen LogP contribution in [0.4, 0.5) is 13.2 Å². The van der Waals surface area contributed by atoms with Crippen molar-refractivity contribution in [2.75, 3.05) is 6.54 Å². The molecule has 0 radical (unpaired) electrons. The van der Waals surface area contributed by atoms with Gasteiger partial charge in [-0.1, -0.05) is 6.42 Å². The van der Waals surface area contributed by atoms with Crippen LogP contribution >= 0.6 is 0 Å². The molecule has 1 rings (SSSR count). The van der Waals surface area contributed by atoms with Crippen molar-refractivity contribution >= 4 is 0 Å². The van der Waals surface area contributed by atoms with Crippen LogP contribution in [0.5, 0.6) is 0 Å². The van der Waals surface area contributed by atoms with Gasteiger partial charge in [0.05, 0.1) is 0 Å². The standard InChI is InChI=1S/C10H19F3N2/c1-7-5-3-4-6-15(7)9(8(2)14)10(11,12)13/h7-9H,3-6,14H2,1-2H3. The van der Waals surface area contributed by atoms with Gasteiger partial charge in [-0.25, -0.2) is 0 Å². The third-order valence-electron chi connectivity index (χ3n) is 3.05. The van der Waals surface area contributed by atoms with E-state index in [4.69, 9.17) is 5.73 Å². The average molecular weight is 224 g/mol. The lowest BCUT2D eigenvalue weighted by Crippen LogP contribution is -2.58. The van der Waals surface area contributed by atoms with Gasteiger partial charge in [-0.2, -0.15) is 13.2 Å². The molecular weight excluding hydrogens is 205 g/mol. The van der Waals surface area contributed by atoms with Crippen molar-refractivity contribution in [1.82, 2.24) is 4.90 Å². The second kappa shape index (κ2) is 4.70. The number of halogens is 3. The van der Waals surface area contributed by atoms with E-state index in [-0.39, 0.29) is 6.04 Å². The highest BCUT2D eigenvalue weighted by Crippen LogP contribution is 2.31. The third-order valence-corrected chi connectivity index (χ3v) is 3.05. The lowest BCUT2D eigenvalue weighted by atomic mass is 9.98. The Hall–Kier alpha value is -0.290. The number of hydrogen-bond acceptors (Lipinski definition) is 2. The number of nitrogens with two attached hydrogens (primary N) is 1. The van der Waals surface area contributed by atoms with Crippen molar-refractivity contribution in [3.63, 3.8) is 0 Å². The first-order valence-electron chi connectivity index (χ1n) is 5.42. The minimum absolute atomic E-state index is 0.0172. The number of nitrogens with zero attached hydrogens (tertiary/aromatic N) is 1. The molecule has 0 bridgehead atoms. The van der Waals surface area contributed by atoms with Crippen LogP contribution in [-0.2, 0) is 0 Å². The van der Waals surface area contributed by atoms with E-state index in [0.29, 0.717) is 6.54 Å². The van der Waals surface area contributed by atoms with Crippen LogP contribution < -0.4 is 5.73 Å². The molecule has 1 saturated heterocycles. The van der Waals surface area contributed by atoms with E-state index < -0.39 is 18.3 Å². The molecule has 0 aromatic heterocycles. The Morgan fingerprint density at radius 1 is 1.33 bits per heavy atom. The van der Waals surface area contributed by atoms with Gasteiger partial charge in [-0.15, -0.1) is 0 Å². The minimum Gasteiger partial charge on any atom is -0.326 e. The first-order chi connectivity index (χ1) is 6.84. The summed E-state index contributed by atoms with van der Waals surface area (Å²) in [5, 5.41) is 0. The molecule has 1 aliphatic rings. The van der Waals surface area contributed by atoms with E-state index in [1.54, 1.807) is 0 Å². The molecule has 0 amide bonds. The fourth-order valence-corrected chi connectivity index (χ4v) is 2.32. The number of hydrogen-bond donors (Lipinski definition) is 1. The quantitative estimate of drug-likeness (QED) is 0.778. The fourth-order valence-electron chi connectivity index (χ4n) is 2.32. The minimum atomic E-state index is -4.22. The third kappa shape index (κ3) is 3.08. The zero-order valence-corrected chi connectivity index (χ0v) is 9.22. The highest BCUT2D eigenvalue weighted by atomic mass is 19.4. The Balaban J connectivity index is 2.78. The van der Waals surface area contributed by atoms with E-state index in [2.05, 4.69) is 0 Å². The molecule has 15 heavy (non-hydrogen) atoms. The van der Waals surface area contributed by atoms with Crippen molar-refractivity contribution in [2.24, 2.45) is 5.73 Å². The number of rotatable bonds is 2. The van der Waals surface area contributed by atoms with E-state index in [1.165, 1.54) is 11.8 Å². The Labute approximate surface area is 88.6 Å². The van der Waals surface area contributed by atoms with Gasteiger partial charge in [0.15, 0.2) is 0 Å². The van der Waals surface area contributed by atoms with Crippen LogP contribution in [0.25, 0.3) is 0 Å². The van der Waals surface area contributed by atoms with Crippen LogP contribution in [0.3, 0.4) is 0 Å². The maximum atomic E-state index is 12.8. The number of alkyl halides is 3. The fraction of sp³-hybridized carbons (Fsp3) is 1.00. The molecule has 0 aromatic rings. The zero-order chi connectivity index (χ0) is 11.6. The lowest BCUT2D eigenvalue weighted by molar-refractivity contribution is -0.196. The highest BCUT2D eigenvalue weighted by Gasteiger charge is 2.47. The van der Waals surface area contributed by atoms with E-state index in [9.17, 15) is 13.2 Å². The average Bonchev–Trinajstić information content (AvgIpc) is 2.05. The molecule has 90 valence electrons. The van der Waals surface area contributed by atoms with Crippen LogP contribution in [0.15, 0.2) is 0 Å². The highest BCUT2D eigenvalue weighted by molar-refractivity contribution is 4.90. The van der Waals surface area contributed by atoms with Gasteiger partial charge in [-0.05, 0) is 33.2 Å². The summed E-state index contributed by atoms with van der Waals surface area (Å²) in [6, 6.07) is -2.38. The first-order valence-corrected chi connectivity index (χ1v) is 5.42. The van der Waals surface area contributed by atoms with Crippen LogP contribution in [0.1, 0.15) is 33.1 Å². The summed E-state index contributed by atoms with van der Waals surface area (Å²) in [5.74, 6) is 0. The topological polar surface area (TPSA) is 29.3 Å². The molecule has 0 spiro atoms. The van der Waals surface area contributed by atoms with E-state index >= 15 is 0 Å². The lowest BCUT2D eigenvalue weighted by Gasteiger charge is -2.41. The van der Waals surface area contributed by atoms with Gasteiger partial charge in [0.2, 0.25) is 0 Å². The summed E-state index contributed by atoms with van der Waals surface area (Å²) in [6.45, 7) is 3.78. The molecule has 0 aromatic carbocycles. The van der Waals surface area contributed by atoms with Gasteiger partial charge in [0.25, 0.3) is 0 Å². The van der Waals surface area contributed by atoms with Gasteiger partial charge < -0.3 is 5.73 Å². The Bertz CT molecular complexity index is 203. The van der Waals surface area contributed by atoms with E-state index in [1.807, 2.05) is 6.92 Å². The molecule has 1 aliphatic heterocycles. The number of likely N-dealkylation sites (tertiary alicyclic amines) is 1. The zero-order valence-electron chi connectivity index (χ0n) is 9.22. The molecule has 0 aliphatic carbocycles. The summed E-state index contributed by atoms with van der Waals surface area (Å²) in [4.78, 5) is 1.51. The predicted octanol–water partition coefficient (Wildman–Crippen LogP) is 2.14. The summed E-state index contributed by atoms with van der Waals surface area (Å²) in [7, 11) is 0. The van der Waals surface area contributed by atoms with Gasteiger partial charge in [-0.3, -0.25) is 4.90 Å².